The third-order valence-electron chi connectivity index (χ3n) is 5.54. The lowest BCUT2D eigenvalue weighted by Gasteiger charge is -2.26. The van der Waals surface area contributed by atoms with Crippen LogP contribution in [0.4, 0.5) is 11.5 Å². The van der Waals surface area contributed by atoms with E-state index in [-0.39, 0.29) is 0 Å². The predicted molar refractivity (Wildman–Crippen MR) is 124 cm³/mol. The van der Waals surface area contributed by atoms with Crippen LogP contribution >= 0.6 is 11.6 Å². The highest BCUT2D eigenvalue weighted by Gasteiger charge is 2.36. The molecule has 4 aromatic rings. The molecule has 1 aliphatic heterocycles. The van der Waals surface area contributed by atoms with Crippen molar-refractivity contribution < 1.29 is 4.74 Å². The number of hydrogen-bond donors (Lipinski definition) is 3. The SMILES string of the molecule is NC1(CNc2cccc(Oc3ccccc3)c2)CCN(c2ncnc3[nH]cc(Cl)c23)C1. The summed E-state index contributed by atoms with van der Waals surface area (Å²) in [7, 11) is 0. The van der Waals surface area contributed by atoms with Gasteiger partial charge in [-0.2, -0.15) is 0 Å². The first kappa shape index (κ1) is 19.7. The fourth-order valence-corrected chi connectivity index (χ4v) is 4.17. The van der Waals surface area contributed by atoms with Crippen LogP contribution < -0.4 is 20.7 Å². The Balaban J connectivity index is 1.26. The molecular formula is C23H23ClN6O. The van der Waals surface area contributed by atoms with Crippen LogP contribution in [0.15, 0.2) is 67.1 Å². The molecule has 5 rings (SSSR count). The molecule has 3 heterocycles. The van der Waals surface area contributed by atoms with Crippen LogP contribution in [-0.4, -0.2) is 40.1 Å². The van der Waals surface area contributed by atoms with Gasteiger partial charge in [0.05, 0.1) is 15.9 Å². The zero-order chi connectivity index (χ0) is 21.3. The molecule has 7 nitrogen and oxygen atoms in total. The van der Waals surface area contributed by atoms with Crippen molar-refractivity contribution in [1.82, 2.24) is 15.0 Å². The Bertz CT molecular complexity index is 1200. The summed E-state index contributed by atoms with van der Waals surface area (Å²) in [4.78, 5) is 14.0. The van der Waals surface area contributed by atoms with Crippen molar-refractivity contribution in [1.29, 1.82) is 0 Å². The topological polar surface area (TPSA) is 92.1 Å². The van der Waals surface area contributed by atoms with Crippen LogP contribution in [0.2, 0.25) is 5.02 Å². The van der Waals surface area contributed by atoms with Gasteiger partial charge in [0.15, 0.2) is 0 Å². The van der Waals surface area contributed by atoms with Crippen LogP contribution in [-0.2, 0) is 0 Å². The number of hydrogen-bond acceptors (Lipinski definition) is 6. The molecule has 1 fully saturated rings. The fraction of sp³-hybridized carbons (Fsp3) is 0.217. The van der Waals surface area contributed by atoms with E-state index in [0.717, 1.165) is 47.0 Å². The zero-order valence-corrected chi connectivity index (χ0v) is 17.6. The number of aromatic amines is 1. The maximum atomic E-state index is 6.73. The number of benzene rings is 2. The number of halogens is 1. The van der Waals surface area contributed by atoms with Crippen molar-refractivity contribution in [3.8, 4) is 11.5 Å². The van der Waals surface area contributed by atoms with E-state index in [9.17, 15) is 0 Å². The summed E-state index contributed by atoms with van der Waals surface area (Å²) in [6.07, 6.45) is 4.13. The molecule has 158 valence electrons. The van der Waals surface area contributed by atoms with Crippen molar-refractivity contribution in [2.24, 2.45) is 5.73 Å². The van der Waals surface area contributed by atoms with Gasteiger partial charge in [-0.05, 0) is 30.7 Å². The lowest BCUT2D eigenvalue weighted by molar-refractivity contribution is 0.482. The predicted octanol–water partition coefficient (Wildman–Crippen LogP) is 4.42. The maximum absolute atomic E-state index is 6.73. The summed E-state index contributed by atoms with van der Waals surface area (Å²) >= 11 is 6.35. The van der Waals surface area contributed by atoms with Crippen LogP contribution in [0.1, 0.15) is 6.42 Å². The smallest absolute Gasteiger partial charge is 0.144 e. The summed E-state index contributed by atoms with van der Waals surface area (Å²) in [5.74, 6) is 2.41. The van der Waals surface area contributed by atoms with Gasteiger partial charge in [0.25, 0.3) is 0 Å². The van der Waals surface area contributed by atoms with Crippen LogP contribution in [0, 0.1) is 0 Å². The second-order valence-electron chi connectivity index (χ2n) is 7.89. The molecule has 4 N–H and O–H groups in total. The van der Waals surface area contributed by atoms with Gasteiger partial charge in [0.1, 0.15) is 29.3 Å². The van der Waals surface area contributed by atoms with Gasteiger partial charge < -0.3 is 25.7 Å². The highest BCUT2D eigenvalue weighted by Crippen LogP contribution is 2.33. The molecule has 0 spiro atoms. The second-order valence-corrected chi connectivity index (χ2v) is 8.30. The number of fused-ring (bicyclic) bond motifs is 1. The van der Waals surface area contributed by atoms with Gasteiger partial charge in [-0.3, -0.25) is 0 Å². The van der Waals surface area contributed by atoms with Gasteiger partial charge >= 0.3 is 0 Å². The number of nitrogens with zero attached hydrogens (tertiary/aromatic N) is 3. The third-order valence-corrected chi connectivity index (χ3v) is 5.84. The average molecular weight is 435 g/mol. The first-order valence-electron chi connectivity index (χ1n) is 10.2. The summed E-state index contributed by atoms with van der Waals surface area (Å²) < 4.78 is 5.93. The van der Waals surface area contributed by atoms with Crippen LogP contribution in [0.3, 0.4) is 0 Å². The standard InChI is InChI=1S/C23H23ClN6O/c24-19-12-26-21-20(19)22(29-15-28-21)30-10-9-23(25,14-30)13-27-16-5-4-8-18(11-16)31-17-6-2-1-3-7-17/h1-8,11-12,15,27H,9-10,13-14,25H2,(H,26,28,29). The molecule has 0 saturated carbocycles. The number of anilines is 2. The van der Waals surface area contributed by atoms with Gasteiger partial charge in [0.2, 0.25) is 0 Å². The number of nitrogens with one attached hydrogen (secondary N) is 2. The largest absolute Gasteiger partial charge is 0.457 e. The molecule has 0 amide bonds. The minimum absolute atomic E-state index is 0.393. The van der Waals surface area contributed by atoms with Crippen molar-refractivity contribution in [3.05, 3.63) is 72.1 Å². The Labute approximate surface area is 185 Å². The molecule has 1 atom stereocenters. The van der Waals surface area contributed by atoms with E-state index >= 15 is 0 Å². The Morgan fingerprint density at radius 1 is 1.13 bits per heavy atom. The van der Waals surface area contributed by atoms with Gasteiger partial charge in [0, 0.05) is 37.6 Å². The van der Waals surface area contributed by atoms with Crippen molar-refractivity contribution in [2.75, 3.05) is 29.9 Å². The molecule has 1 unspecified atom stereocenters. The molecule has 8 heteroatoms. The minimum Gasteiger partial charge on any atom is -0.457 e. The quantitative estimate of drug-likeness (QED) is 0.416. The highest BCUT2D eigenvalue weighted by molar-refractivity contribution is 6.36. The number of para-hydroxylation sites is 1. The summed E-state index contributed by atoms with van der Waals surface area (Å²) in [5.41, 5.74) is 8.04. The number of aromatic nitrogens is 3. The average Bonchev–Trinajstić information content (AvgIpc) is 3.37. The van der Waals surface area contributed by atoms with E-state index in [2.05, 4.69) is 25.2 Å². The molecule has 2 aromatic heterocycles. The zero-order valence-electron chi connectivity index (χ0n) is 16.9. The van der Waals surface area contributed by atoms with E-state index in [1.807, 2.05) is 54.6 Å². The van der Waals surface area contributed by atoms with Gasteiger partial charge in [-0.25, -0.2) is 9.97 Å². The molecule has 1 aliphatic rings. The third kappa shape index (κ3) is 4.15. The summed E-state index contributed by atoms with van der Waals surface area (Å²) in [6.45, 7) is 2.12. The molecule has 1 saturated heterocycles. The number of rotatable bonds is 6. The summed E-state index contributed by atoms with van der Waals surface area (Å²) in [6, 6.07) is 17.6. The molecule has 31 heavy (non-hydrogen) atoms. The van der Waals surface area contributed by atoms with Crippen molar-refractivity contribution >= 4 is 34.1 Å². The first-order valence-corrected chi connectivity index (χ1v) is 10.6. The van der Waals surface area contributed by atoms with Crippen LogP contribution in [0.5, 0.6) is 11.5 Å². The molecule has 0 radical (unpaired) electrons. The minimum atomic E-state index is -0.393. The van der Waals surface area contributed by atoms with E-state index in [1.165, 1.54) is 0 Å². The van der Waals surface area contributed by atoms with Gasteiger partial charge in [-0.15, -0.1) is 0 Å². The molecule has 2 aromatic carbocycles. The van der Waals surface area contributed by atoms with Crippen molar-refractivity contribution in [2.45, 2.75) is 12.0 Å². The Hall–Kier alpha value is -3.29. The maximum Gasteiger partial charge on any atom is 0.144 e. The first-order chi connectivity index (χ1) is 15.1. The molecule has 0 bridgehead atoms. The Morgan fingerprint density at radius 3 is 2.84 bits per heavy atom. The Kier molecular flexibility index (Phi) is 5.13. The normalized spacial score (nSPS) is 18.5. The molecule has 0 aliphatic carbocycles. The van der Waals surface area contributed by atoms with Crippen molar-refractivity contribution in [3.63, 3.8) is 0 Å². The lowest BCUT2D eigenvalue weighted by Crippen LogP contribution is -2.48. The Morgan fingerprint density at radius 2 is 1.97 bits per heavy atom. The van der Waals surface area contributed by atoms with E-state index < -0.39 is 5.54 Å². The second kappa shape index (κ2) is 8.09. The highest BCUT2D eigenvalue weighted by atomic mass is 35.5. The van der Waals surface area contributed by atoms with E-state index in [4.69, 9.17) is 22.1 Å². The fourth-order valence-electron chi connectivity index (χ4n) is 3.94. The van der Waals surface area contributed by atoms with E-state index in [1.54, 1.807) is 12.5 Å². The number of H-pyrrole nitrogens is 1. The van der Waals surface area contributed by atoms with Crippen LogP contribution in [0.25, 0.3) is 11.0 Å². The number of ether oxygens (including phenoxy) is 1. The van der Waals surface area contributed by atoms with Gasteiger partial charge in [-0.1, -0.05) is 35.9 Å². The number of nitrogens with two attached hydrogens (primary N) is 1. The lowest BCUT2D eigenvalue weighted by atomic mass is 10.0. The monoisotopic (exact) mass is 434 g/mol. The summed E-state index contributed by atoms with van der Waals surface area (Å²) in [5, 5.41) is 4.93. The van der Waals surface area contributed by atoms with E-state index in [0.29, 0.717) is 18.1 Å². The molecular weight excluding hydrogens is 412 g/mol.